The molecule has 4 bridgehead atoms. The van der Waals surface area contributed by atoms with Crippen molar-refractivity contribution >= 4 is 33.5 Å². The van der Waals surface area contributed by atoms with E-state index >= 15 is 0 Å². The summed E-state index contributed by atoms with van der Waals surface area (Å²) in [4.78, 5) is 36.4. The fraction of sp³-hybridized carbons (Fsp3) is 0.308. The van der Waals surface area contributed by atoms with Crippen LogP contribution in [0.4, 0.5) is 0 Å². The standard InChI is InChI=1S/2C20H20N3.2C6H5NO2.2Pt/c2*1-19(2)14-8-9-20(19,3)18-16(14)17(22-23-18)15-10-12-6-4-5-7-13(12)11-21-15;2*8-6(9)5-3-1-2-4-7-5;;/h2*4-7,10-11,14H,8-9H2,1-3H3;2*1-4H,(H,8,9);;/q2*-1;;;2*+2/p-2/t2*14-,20+;;;;/m11..../s1. The van der Waals surface area contributed by atoms with Crippen molar-refractivity contribution in [3.63, 3.8) is 0 Å². The summed E-state index contributed by atoms with van der Waals surface area (Å²) in [6.07, 6.45) is 11.6. The van der Waals surface area contributed by atoms with Crippen molar-refractivity contribution in [2.24, 2.45) is 10.8 Å². The van der Waals surface area contributed by atoms with Crippen molar-refractivity contribution < 1.29 is 61.9 Å². The van der Waals surface area contributed by atoms with E-state index in [1.54, 1.807) is 24.3 Å². The molecule has 66 heavy (non-hydrogen) atoms. The number of carboxylic acid groups (broad SMARTS) is 2. The Labute approximate surface area is 412 Å². The number of carbonyl (C=O) groups excluding carboxylic acids is 2. The minimum atomic E-state index is -1.24. The monoisotopic (exact) mass is 1240 g/mol. The van der Waals surface area contributed by atoms with Crippen LogP contribution in [0.1, 0.15) is 123 Å². The summed E-state index contributed by atoms with van der Waals surface area (Å²) in [6.45, 7) is 14.3. The summed E-state index contributed by atoms with van der Waals surface area (Å²) < 4.78 is 0. The van der Waals surface area contributed by atoms with E-state index in [1.165, 1.54) is 94.3 Å². The third-order valence-electron chi connectivity index (χ3n) is 15.2. The molecule has 6 heterocycles. The molecule has 6 aromatic heterocycles. The van der Waals surface area contributed by atoms with Gasteiger partial charge in [-0.1, -0.05) is 114 Å². The number of pyridine rings is 4. The van der Waals surface area contributed by atoms with Gasteiger partial charge in [-0.05, 0) is 107 Å². The van der Waals surface area contributed by atoms with Crippen LogP contribution < -0.4 is 20.4 Å². The van der Waals surface area contributed by atoms with E-state index in [0.29, 0.717) is 11.8 Å². The quantitative estimate of drug-likeness (QED) is 0.167. The van der Waals surface area contributed by atoms with Crippen molar-refractivity contribution in [3.8, 4) is 22.8 Å². The number of rotatable bonds is 4. The van der Waals surface area contributed by atoms with Gasteiger partial charge in [-0.3, -0.25) is 19.9 Å². The molecular formula is C52H48N8O4Pt2. The summed E-state index contributed by atoms with van der Waals surface area (Å²) in [5.74, 6) is -1.37. The average molecular weight is 1240 g/mol. The molecule has 0 N–H and O–H groups in total. The minimum absolute atomic E-state index is 0. The van der Waals surface area contributed by atoms with Gasteiger partial charge in [-0.25, -0.2) is 0 Å². The van der Waals surface area contributed by atoms with Gasteiger partial charge in [0.15, 0.2) is 0 Å². The van der Waals surface area contributed by atoms with Crippen molar-refractivity contribution in [2.75, 3.05) is 0 Å². The Morgan fingerprint density at radius 1 is 0.530 bits per heavy atom. The van der Waals surface area contributed by atoms with Crippen LogP contribution in [0.3, 0.4) is 0 Å². The van der Waals surface area contributed by atoms with E-state index in [2.05, 4.69) is 130 Å². The van der Waals surface area contributed by atoms with Crippen LogP contribution in [0.15, 0.2) is 122 Å². The number of fused-ring (bicyclic) bond motifs is 12. The second-order valence-electron chi connectivity index (χ2n) is 18.8. The number of carboxylic acids is 2. The van der Waals surface area contributed by atoms with Gasteiger partial charge in [0.1, 0.15) is 0 Å². The molecule has 2 saturated carbocycles. The summed E-state index contributed by atoms with van der Waals surface area (Å²) in [5.41, 5.74) is 9.91. The third kappa shape index (κ3) is 8.04. The summed E-state index contributed by atoms with van der Waals surface area (Å²) in [6, 6.07) is 30.3. The van der Waals surface area contributed by atoms with E-state index < -0.39 is 11.9 Å². The van der Waals surface area contributed by atoms with E-state index in [9.17, 15) is 19.8 Å². The van der Waals surface area contributed by atoms with E-state index in [-0.39, 0.29) is 75.2 Å². The molecule has 2 aromatic carbocycles. The molecule has 14 heteroatoms. The number of hydrogen-bond acceptors (Lipinski definition) is 10. The maximum Gasteiger partial charge on any atom is 2.00 e. The topological polar surface area (TPSA) is 186 Å². The van der Waals surface area contributed by atoms with Crippen LogP contribution in [0.5, 0.6) is 0 Å². The van der Waals surface area contributed by atoms with E-state index in [1.807, 2.05) is 24.5 Å². The normalized spacial score (nSPS) is 21.6. The maximum atomic E-state index is 10.0. The molecule has 2 fully saturated rings. The molecule has 0 spiro atoms. The number of nitrogens with zero attached hydrogens (tertiary/aromatic N) is 8. The van der Waals surface area contributed by atoms with Gasteiger partial charge in [-0.2, -0.15) is 0 Å². The van der Waals surface area contributed by atoms with Crippen LogP contribution in [0.2, 0.25) is 0 Å². The molecule has 0 unspecified atom stereocenters. The first-order chi connectivity index (χ1) is 30.7. The van der Waals surface area contributed by atoms with Gasteiger partial charge < -0.3 is 40.2 Å². The molecule has 12 rings (SSSR count). The molecule has 8 aromatic rings. The van der Waals surface area contributed by atoms with Gasteiger partial charge in [-0.15, -0.1) is 0 Å². The number of aromatic nitrogens is 8. The van der Waals surface area contributed by atoms with Crippen molar-refractivity contribution in [1.29, 1.82) is 0 Å². The molecule has 0 aliphatic heterocycles. The Kier molecular flexibility index (Phi) is 13.5. The first kappa shape index (κ1) is 48.2. The van der Waals surface area contributed by atoms with Gasteiger partial charge >= 0.3 is 42.1 Å². The molecule has 4 aliphatic rings. The Bertz CT molecular complexity index is 2840. The van der Waals surface area contributed by atoms with Crippen LogP contribution in [-0.4, -0.2) is 42.1 Å². The fourth-order valence-corrected chi connectivity index (χ4v) is 10.7. The van der Waals surface area contributed by atoms with Gasteiger partial charge in [0.05, 0.1) is 34.7 Å². The van der Waals surface area contributed by atoms with Gasteiger partial charge in [0.2, 0.25) is 0 Å². The predicted molar refractivity (Wildman–Crippen MR) is 240 cm³/mol. The predicted octanol–water partition coefficient (Wildman–Crippen LogP) is 7.74. The van der Waals surface area contributed by atoms with Crippen molar-refractivity contribution in [1.82, 2.24) is 40.3 Å². The van der Waals surface area contributed by atoms with E-state index in [0.717, 1.165) is 22.8 Å². The molecule has 340 valence electrons. The largest absolute Gasteiger partial charge is 2.00 e. The summed E-state index contributed by atoms with van der Waals surface area (Å²) in [5, 5.41) is 43.1. The number of aromatic carboxylic acids is 2. The zero-order valence-electron chi connectivity index (χ0n) is 37.4. The third-order valence-corrected chi connectivity index (χ3v) is 15.2. The van der Waals surface area contributed by atoms with Crippen LogP contribution in [0.25, 0.3) is 44.3 Å². The number of benzene rings is 2. The zero-order valence-corrected chi connectivity index (χ0v) is 41.9. The minimum Gasteiger partial charge on any atom is -0.573 e. The van der Waals surface area contributed by atoms with Gasteiger partial charge in [0.25, 0.3) is 0 Å². The van der Waals surface area contributed by atoms with Crippen LogP contribution in [0, 0.1) is 10.8 Å². The molecule has 0 saturated heterocycles. The summed E-state index contributed by atoms with van der Waals surface area (Å²) >= 11 is 0. The first-order valence-electron chi connectivity index (χ1n) is 21.7. The van der Waals surface area contributed by atoms with Gasteiger partial charge in [0, 0.05) is 57.8 Å². The van der Waals surface area contributed by atoms with Crippen molar-refractivity contribution in [2.45, 2.75) is 89.9 Å². The first-order valence-corrected chi connectivity index (χ1v) is 21.7. The average Bonchev–Trinajstić information content (AvgIpc) is 4.11. The molecule has 4 atom stereocenters. The molecule has 0 amide bonds. The molecule has 0 radical (unpaired) electrons. The second-order valence-corrected chi connectivity index (χ2v) is 18.8. The Morgan fingerprint density at radius 3 is 1.23 bits per heavy atom. The van der Waals surface area contributed by atoms with Crippen LogP contribution >= 0.6 is 0 Å². The Balaban J connectivity index is 0.000000141. The zero-order chi connectivity index (χ0) is 45.0. The second kappa shape index (κ2) is 18.5. The Morgan fingerprint density at radius 2 is 0.894 bits per heavy atom. The maximum absolute atomic E-state index is 10.0. The van der Waals surface area contributed by atoms with Crippen LogP contribution in [-0.2, 0) is 53.0 Å². The fourth-order valence-electron chi connectivity index (χ4n) is 10.7. The molecular weight excluding hydrogens is 1190 g/mol. The Hall–Kier alpha value is -5.70. The van der Waals surface area contributed by atoms with Crippen molar-refractivity contribution in [3.05, 3.63) is 156 Å². The molecule has 4 aliphatic carbocycles. The van der Waals surface area contributed by atoms with E-state index in [4.69, 9.17) is 0 Å². The smallest absolute Gasteiger partial charge is 0.573 e. The number of carbonyl (C=O) groups is 2. The SMILES string of the molecule is CC1(C)[C@@H]2CC[C@@]1(C)c1n[n-]c(-c3cc4ccccc4cn3)c12.CC1(C)[C@@H]2CC[C@@]1(C)c1n[n-]c(-c3cc4ccccc4cn3)c12.O=C([O-])c1ccccn1.O=C([O-])c1ccccn1.[Pt+2].[Pt+2]. The molecule has 12 nitrogen and oxygen atoms in total. The number of hydrogen-bond donors (Lipinski definition) is 0. The summed E-state index contributed by atoms with van der Waals surface area (Å²) in [7, 11) is 0.